The molecule has 3 N–H and O–H groups in total. The van der Waals surface area contributed by atoms with Crippen molar-refractivity contribution in [3.8, 4) is 0 Å². The van der Waals surface area contributed by atoms with E-state index in [-0.39, 0.29) is 11.9 Å². The quantitative estimate of drug-likeness (QED) is 0.742. The fourth-order valence-corrected chi connectivity index (χ4v) is 2.14. The van der Waals surface area contributed by atoms with E-state index in [4.69, 9.17) is 5.73 Å². The van der Waals surface area contributed by atoms with Crippen molar-refractivity contribution < 1.29 is 4.79 Å². The summed E-state index contributed by atoms with van der Waals surface area (Å²) in [5.74, 6) is 0.0584. The van der Waals surface area contributed by atoms with Gasteiger partial charge in [-0.15, -0.1) is 0 Å². The van der Waals surface area contributed by atoms with Crippen LogP contribution in [-0.2, 0) is 4.79 Å². The van der Waals surface area contributed by atoms with Crippen molar-refractivity contribution >= 4 is 11.6 Å². The van der Waals surface area contributed by atoms with Gasteiger partial charge >= 0.3 is 0 Å². The van der Waals surface area contributed by atoms with Crippen molar-refractivity contribution in [2.24, 2.45) is 0 Å². The molecule has 88 valence electrons. The number of nitrogens with one attached hydrogen (secondary N) is 1. The lowest BCUT2D eigenvalue weighted by Gasteiger charge is -2.15. The van der Waals surface area contributed by atoms with Gasteiger partial charge in [0.05, 0.1) is 17.1 Å². The first-order valence-electron chi connectivity index (χ1n) is 5.70. The van der Waals surface area contributed by atoms with Gasteiger partial charge in [-0.25, -0.2) is 0 Å². The van der Waals surface area contributed by atoms with E-state index >= 15 is 0 Å². The number of nitrogens with two attached hydrogens (primary N) is 1. The van der Waals surface area contributed by atoms with Crippen LogP contribution >= 0.6 is 0 Å². The smallest absolute Gasteiger partial charge is 0.244 e. The zero-order valence-corrected chi connectivity index (χ0v) is 9.79. The SMILES string of the molecule is Cc1nn(C2CCCCNC2=O)c(C)c1N. The average Bonchev–Trinajstić information content (AvgIpc) is 2.47. The lowest BCUT2D eigenvalue weighted by molar-refractivity contribution is -0.124. The molecule has 1 amide bonds. The van der Waals surface area contributed by atoms with Crippen molar-refractivity contribution in [3.63, 3.8) is 0 Å². The van der Waals surface area contributed by atoms with Gasteiger partial charge in [-0.3, -0.25) is 9.48 Å². The summed E-state index contributed by atoms with van der Waals surface area (Å²) in [6.07, 6.45) is 2.92. The van der Waals surface area contributed by atoms with E-state index in [0.29, 0.717) is 5.69 Å². The Morgan fingerprint density at radius 1 is 1.44 bits per heavy atom. The van der Waals surface area contributed by atoms with Crippen molar-refractivity contribution in [1.29, 1.82) is 0 Å². The maximum absolute atomic E-state index is 11.9. The minimum absolute atomic E-state index is 0.0584. The maximum Gasteiger partial charge on any atom is 0.244 e. The van der Waals surface area contributed by atoms with Crippen molar-refractivity contribution in [2.45, 2.75) is 39.2 Å². The minimum Gasteiger partial charge on any atom is -0.396 e. The summed E-state index contributed by atoms with van der Waals surface area (Å²) < 4.78 is 1.77. The average molecular weight is 222 g/mol. The fraction of sp³-hybridized carbons (Fsp3) is 0.636. The molecule has 1 aliphatic rings. The molecular weight excluding hydrogens is 204 g/mol. The van der Waals surface area contributed by atoms with E-state index in [0.717, 1.165) is 37.2 Å². The number of amides is 1. The molecule has 1 aliphatic heterocycles. The summed E-state index contributed by atoms with van der Waals surface area (Å²) in [7, 11) is 0. The predicted octanol–water partition coefficient (Wildman–Crippen LogP) is 0.923. The highest BCUT2D eigenvalue weighted by molar-refractivity contribution is 5.80. The molecule has 1 saturated heterocycles. The van der Waals surface area contributed by atoms with Crippen LogP contribution in [0.25, 0.3) is 0 Å². The summed E-state index contributed by atoms with van der Waals surface area (Å²) in [5, 5.41) is 7.26. The number of aromatic nitrogens is 2. The molecule has 0 bridgehead atoms. The normalized spacial score (nSPS) is 21.6. The predicted molar refractivity (Wildman–Crippen MR) is 62.0 cm³/mol. The Kier molecular flexibility index (Phi) is 2.85. The molecule has 0 aromatic carbocycles. The molecule has 2 heterocycles. The lowest BCUT2D eigenvalue weighted by Crippen LogP contribution is -2.31. The maximum atomic E-state index is 11.9. The van der Waals surface area contributed by atoms with Crippen molar-refractivity contribution in [1.82, 2.24) is 15.1 Å². The van der Waals surface area contributed by atoms with Crippen LogP contribution in [0, 0.1) is 13.8 Å². The van der Waals surface area contributed by atoms with Crippen LogP contribution in [0.4, 0.5) is 5.69 Å². The van der Waals surface area contributed by atoms with Gasteiger partial charge < -0.3 is 11.1 Å². The molecule has 1 aromatic rings. The topological polar surface area (TPSA) is 72.9 Å². The van der Waals surface area contributed by atoms with E-state index in [1.165, 1.54) is 0 Å². The standard InChI is InChI=1S/C11H18N4O/c1-7-10(12)8(2)15(14-7)9-5-3-4-6-13-11(9)16/h9H,3-6,12H2,1-2H3,(H,13,16). The largest absolute Gasteiger partial charge is 0.396 e. The fourth-order valence-electron chi connectivity index (χ4n) is 2.14. The van der Waals surface area contributed by atoms with Gasteiger partial charge in [-0.05, 0) is 33.1 Å². The molecule has 5 nitrogen and oxygen atoms in total. The van der Waals surface area contributed by atoms with Crippen LogP contribution in [0.15, 0.2) is 0 Å². The first kappa shape index (κ1) is 11.0. The number of rotatable bonds is 1. The van der Waals surface area contributed by atoms with Crippen LogP contribution in [0.1, 0.15) is 36.7 Å². The van der Waals surface area contributed by atoms with E-state index in [1.54, 1.807) is 4.68 Å². The summed E-state index contributed by atoms with van der Waals surface area (Å²) in [6.45, 7) is 4.55. The Balaban J connectivity index is 2.34. The summed E-state index contributed by atoms with van der Waals surface area (Å²) in [4.78, 5) is 11.9. The first-order chi connectivity index (χ1) is 7.61. The zero-order chi connectivity index (χ0) is 11.7. The monoisotopic (exact) mass is 222 g/mol. The molecule has 1 fully saturated rings. The molecule has 0 spiro atoms. The first-order valence-corrected chi connectivity index (χ1v) is 5.70. The van der Waals surface area contributed by atoms with Crippen LogP contribution in [-0.4, -0.2) is 22.2 Å². The van der Waals surface area contributed by atoms with Crippen LogP contribution in [0.2, 0.25) is 0 Å². The van der Waals surface area contributed by atoms with Crippen molar-refractivity contribution in [2.75, 3.05) is 12.3 Å². The van der Waals surface area contributed by atoms with Gasteiger partial charge in [0.1, 0.15) is 6.04 Å². The number of carbonyl (C=O) groups is 1. The van der Waals surface area contributed by atoms with Gasteiger partial charge in [0.25, 0.3) is 0 Å². The van der Waals surface area contributed by atoms with Gasteiger partial charge in [-0.2, -0.15) is 5.10 Å². The van der Waals surface area contributed by atoms with E-state index in [2.05, 4.69) is 10.4 Å². The number of carbonyl (C=O) groups excluding carboxylic acids is 1. The minimum atomic E-state index is -0.196. The molecule has 16 heavy (non-hydrogen) atoms. The highest BCUT2D eigenvalue weighted by Crippen LogP contribution is 2.24. The Labute approximate surface area is 95.0 Å². The third kappa shape index (κ3) is 1.77. The number of anilines is 1. The Morgan fingerprint density at radius 3 is 2.81 bits per heavy atom. The Bertz CT molecular complexity index is 410. The second-order valence-corrected chi connectivity index (χ2v) is 4.33. The summed E-state index contributed by atoms with van der Waals surface area (Å²) in [6, 6.07) is -0.196. The number of hydrogen-bond acceptors (Lipinski definition) is 3. The molecule has 1 aromatic heterocycles. The number of nitrogens with zero attached hydrogens (tertiary/aromatic N) is 2. The molecule has 1 unspecified atom stereocenters. The van der Waals surface area contributed by atoms with Crippen LogP contribution in [0.5, 0.6) is 0 Å². The molecule has 5 heteroatoms. The summed E-state index contributed by atoms with van der Waals surface area (Å²) >= 11 is 0. The molecule has 2 rings (SSSR count). The van der Waals surface area contributed by atoms with Crippen molar-refractivity contribution in [3.05, 3.63) is 11.4 Å². The van der Waals surface area contributed by atoms with E-state index in [9.17, 15) is 4.79 Å². The third-order valence-corrected chi connectivity index (χ3v) is 3.18. The van der Waals surface area contributed by atoms with Gasteiger partial charge in [0, 0.05) is 6.54 Å². The van der Waals surface area contributed by atoms with E-state index in [1.807, 2.05) is 13.8 Å². The number of aryl methyl sites for hydroxylation is 1. The Hall–Kier alpha value is -1.52. The van der Waals surface area contributed by atoms with Gasteiger partial charge in [0.2, 0.25) is 5.91 Å². The van der Waals surface area contributed by atoms with E-state index < -0.39 is 0 Å². The van der Waals surface area contributed by atoms with Gasteiger partial charge in [0.15, 0.2) is 0 Å². The second-order valence-electron chi connectivity index (χ2n) is 4.33. The number of hydrogen-bond donors (Lipinski definition) is 2. The number of nitrogen functional groups attached to an aromatic ring is 1. The summed E-state index contributed by atoms with van der Waals surface area (Å²) in [5.41, 5.74) is 8.26. The molecule has 0 radical (unpaired) electrons. The second kappa shape index (κ2) is 4.15. The van der Waals surface area contributed by atoms with Gasteiger partial charge in [-0.1, -0.05) is 0 Å². The molecule has 0 saturated carbocycles. The van der Waals surface area contributed by atoms with Crippen LogP contribution < -0.4 is 11.1 Å². The molecule has 1 atom stereocenters. The zero-order valence-electron chi connectivity index (χ0n) is 9.79. The molecular formula is C11H18N4O. The molecule has 0 aliphatic carbocycles. The highest BCUT2D eigenvalue weighted by atomic mass is 16.2. The Morgan fingerprint density at radius 2 is 2.19 bits per heavy atom. The van der Waals surface area contributed by atoms with Crippen LogP contribution in [0.3, 0.4) is 0 Å². The highest BCUT2D eigenvalue weighted by Gasteiger charge is 2.25. The third-order valence-electron chi connectivity index (χ3n) is 3.18. The lowest BCUT2D eigenvalue weighted by atomic mass is 10.1.